The Morgan fingerprint density at radius 3 is 1.89 bits per heavy atom. The van der Waals surface area contributed by atoms with E-state index in [-0.39, 0.29) is 36.8 Å². The van der Waals surface area contributed by atoms with Gasteiger partial charge >= 0.3 is 11.9 Å². The minimum Gasteiger partial charge on any atom is -0.459 e. The summed E-state index contributed by atoms with van der Waals surface area (Å²) in [4.78, 5) is 55.6. The molecular formula is C48H46Cl2N6O6. The van der Waals surface area contributed by atoms with Gasteiger partial charge in [-0.3, -0.25) is 19.2 Å². The van der Waals surface area contributed by atoms with E-state index < -0.39 is 11.2 Å². The Balaban J connectivity index is 0.000000171. The molecule has 0 saturated heterocycles. The van der Waals surface area contributed by atoms with Crippen molar-refractivity contribution in [3.8, 4) is 0 Å². The van der Waals surface area contributed by atoms with Gasteiger partial charge in [0, 0.05) is 53.1 Å². The zero-order valence-corrected chi connectivity index (χ0v) is 36.7. The molecule has 0 unspecified atom stereocenters. The zero-order chi connectivity index (χ0) is 44.1. The molecule has 1 aliphatic rings. The number of carbonyl (C=O) groups is 4. The normalized spacial score (nSPS) is 13.0. The van der Waals surface area contributed by atoms with Gasteiger partial charge in [-0.05, 0) is 101 Å². The quantitative estimate of drug-likeness (QED) is 0.153. The van der Waals surface area contributed by atoms with Crippen LogP contribution in [0.5, 0.6) is 0 Å². The molecule has 12 nitrogen and oxygen atoms in total. The van der Waals surface area contributed by atoms with Crippen LogP contribution in [0.4, 0.5) is 11.4 Å². The summed E-state index contributed by atoms with van der Waals surface area (Å²) in [6.07, 6.45) is 3.69. The number of esters is 2. The monoisotopic (exact) mass is 872 g/mol. The van der Waals surface area contributed by atoms with Crippen molar-refractivity contribution in [1.29, 1.82) is 0 Å². The first-order valence-corrected chi connectivity index (χ1v) is 21.0. The first-order chi connectivity index (χ1) is 29.4. The number of fused-ring (bicyclic) bond motifs is 6. The molecule has 4 aromatic heterocycles. The van der Waals surface area contributed by atoms with Gasteiger partial charge in [-0.25, -0.2) is 0 Å². The fourth-order valence-corrected chi connectivity index (χ4v) is 8.38. The number of benzene rings is 4. The van der Waals surface area contributed by atoms with Gasteiger partial charge in [-0.1, -0.05) is 71.7 Å². The lowest BCUT2D eigenvalue weighted by molar-refractivity contribution is -0.156. The largest absolute Gasteiger partial charge is 0.459 e. The fourth-order valence-electron chi connectivity index (χ4n) is 7.74. The average Bonchev–Trinajstić information content (AvgIpc) is 3.97. The third-order valence-corrected chi connectivity index (χ3v) is 11.1. The predicted octanol–water partition coefficient (Wildman–Crippen LogP) is 10.6. The van der Waals surface area contributed by atoms with E-state index in [2.05, 4.69) is 10.3 Å². The van der Waals surface area contributed by atoms with Gasteiger partial charge in [0.1, 0.15) is 35.7 Å². The fraction of sp³-hybridized carbons (Fsp3) is 0.250. The van der Waals surface area contributed by atoms with E-state index in [1.807, 2.05) is 160 Å². The highest BCUT2D eigenvalue weighted by Crippen LogP contribution is 2.36. The molecule has 9 rings (SSSR count). The number of ether oxygens (including phenoxy) is 2. The third kappa shape index (κ3) is 8.66. The molecule has 2 amide bonds. The summed E-state index contributed by atoms with van der Waals surface area (Å²) in [6, 6.07) is 30.5. The average molecular weight is 874 g/mol. The van der Waals surface area contributed by atoms with Crippen LogP contribution in [-0.4, -0.2) is 60.2 Å². The molecule has 14 heteroatoms. The Kier molecular flexibility index (Phi) is 11.2. The maximum atomic E-state index is 13.4. The van der Waals surface area contributed by atoms with Crippen LogP contribution < -0.4 is 10.2 Å². The Bertz CT molecular complexity index is 3050. The summed E-state index contributed by atoms with van der Waals surface area (Å²) in [5.74, 6) is -1.08. The smallest absolute Gasteiger partial charge is 0.326 e. The Labute approximate surface area is 367 Å². The molecular weight excluding hydrogens is 827 g/mol. The van der Waals surface area contributed by atoms with Gasteiger partial charge in [0.25, 0.3) is 11.8 Å². The van der Waals surface area contributed by atoms with Crippen LogP contribution in [0.2, 0.25) is 10.0 Å². The van der Waals surface area contributed by atoms with Crippen molar-refractivity contribution in [3.63, 3.8) is 0 Å². The minimum atomic E-state index is -0.544. The lowest BCUT2D eigenvalue weighted by atomic mass is 10.2. The van der Waals surface area contributed by atoms with Crippen molar-refractivity contribution in [1.82, 2.24) is 18.7 Å². The number of H-pyrrole nitrogens is 1. The van der Waals surface area contributed by atoms with E-state index in [4.69, 9.17) is 32.7 Å². The summed E-state index contributed by atoms with van der Waals surface area (Å²) in [6.45, 7) is 12.5. The number of para-hydroxylation sites is 2. The van der Waals surface area contributed by atoms with Gasteiger partial charge in [0.2, 0.25) is 0 Å². The standard InChI is InChI=1S/C25H24ClN3O3.C23H22ClN3O3/c1-25(2,3)32-21(30)15-27-11-10-16-8-9-17(14-20(16)27)28-12-13-29-19-7-5-4-6-18(19)22(26)23(29)24(28)31;1-23(2,3)30-19(28)13-27-11-10-14-8-9-15(12-18(14)27)25-22(29)21-20(24)16-6-4-5-7-17(16)26-21/h4-11,14H,12-13,15H2,1-3H3;4-12,26H,13H2,1-3H3,(H,25,29). The van der Waals surface area contributed by atoms with Crippen molar-refractivity contribution in [2.45, 2.75) is 72.4 Å². The van der Waals surface area contributed by atoms with Crippen molar-refractivity contribution < 1.29 is 28.7 Å². The number of carbonyl (C=O) groups excluding carboxylic acids is 4. The highest BCUT2D eigenvalue weighted by molar-refractivity contribution is 6.40. The lowest BCUT2D eigenvalue weighted by Crippen LogP contribution is -2.40. The van der Waals surface area contributed by atoms with E-state index in [1.165, 1.54) is 0 Å². The van der Waals surface area contributed by atoms with Crippen LogP contribution in [-0.2, 0) is 38.7 Å². The SMILES string of the molecule is CC(C)(C)OC(=O)Cn1ccc2ccc(N3CCn4c(c(Cl)c5ccccc54)C3=O)cc21.CC(C)(C)OC(=O)Cn1ccc2ccc(NC(=O)c3[nH]c4ccccc4c3Cl)cc21. The van der Waals surface area contributed by atoms with E-state index in [0.717, 1.165) is 49.3 Å². The number of hydrogen-bond donors (Lipinski definition) is 2. The predicted molar refractivity (Wildman–Crippen MR) is 245 cm³/mol. The number of anilines is 2. The second-order valence-electron chi connectivity index (χ2n) is 17.2. The minimum absolute atomic E-state index is 0.0893. The highest BCUT2D eigenvalue weighted by atomic mass is 35.5. The number of halogens is 2. The molecule has 0 atom stereocenters. The number of rotatable bonds is 7. The maximum absolute atomic E-state index is 13.4. The zero-order valence-electron chi connectivity index (χ0n) is 35.2. The molecule has 318 valence electrons. The first kappa shape index (κ1) is 42.2. The van der Waals surface area contributed by atoms with E-state index in [0.29, 0.717) is 40.2 Å². The number of aromatic nitrogens is 4. The molecule has 1 aliphatic heterocycles. The van der Waals surface area contributed by atoms with Gasteiger partial charge in [-0.2, -0.15) is 0 Å². The maximum Gasteiger partial charge on any atom is 0.326 e. The van der Waals surface area contributed by atoms with E-state index in [9.17, 15) is 19.2 Å². The molecule has 0 spiro atoms. The first-order valence-electron chi connectivity index (χ1n) is 20.2. The number of nitrogens with one attached hydrogen (secondary N) is 2. The molecule has 62 heavy (non-hydrogen) atoms. The Morgan fingerprint density at radius 2 is 1.26 bits per heavy atom. The summed E-state index contributed by atoms with van der Waals surface area (Å²) in [5.41, 5.74) is 4.59. The molecule has 2 N–H and O–H groups in total. The van der Waals surface area contributed by atoms with Gasteiger partial charge in [-0.15, -0.1) is 0 Å². The van der Waals surface area contributed by atoms with Gasteiger partial charge < -0.3 is 38.4 Å². The summed E-state index contributed by atoms with van der Waals surface area (Å²) in [5, 5.41) is 7.39. The van der Waals surface area contributed by atoms with Crippen molar-refractivity contribution in [3.05, 3.63) is 131 Å². The number of aromatic amines is 1. The molecule has 0 fully saturated rings. The topological polar surface area (TPSA) is 133 Å². The second kappa shape index (κ2) is 16.4. The van der Waals surface area contributed by atoms with Crippen LogP contribution >= 0.6 is 23.2 Å². The van der Waals surface area contributed by atoms with Gasteiger partial charge in [0.05, 0.1) is 26.6 Å². The highest BCUT2D eigenvalue weighted by Gasteiger charge is 2.31. The molecule has 4 aromatic carbocycles. The molecule has 0 saturated carbocycles. The van der Waals surface area contributed by atoms with E-state index in [1.54, 1.807) is 9.47 Å². The van der Waals surface area contributed by atoms with Crippen molar-refractivity contribution in [2.24, 2.45) is 0 Å². The van der Waals surface area contributed by atoms with E-state index >= 15 is 0 Å². The van der Waals surface area contributed by atoms with Crippen LogP contribution in [0.15, 0.2) is 109 Å². The molecule has 0 radical (unpaired) electrons. The third-order valence-electron chi connectivity index (χ3n) is 10.3. The molecule has 0 bridgehead atoms. The molecule has 5 heterocycles. The number of amides is 2. The van der Waals surface area contributed by atoms with Crippen LogP contribution in [0.1, 0.15) is 62.5 Å². The summed E-state index contributed by atoms with van der Waals surface area (Å²) < 4.78 is 16.5. The number of hydrogen-bond acceptors (Lipinski definition) is 6. The Morgan fingerprint density at radius 1 is 0.677 bits per heavy atom. The van der Waals surface area contributed by atoms with Crippen LogP contribution in [0.25, 0.3) is 43.6 Å². The second-order valence-corrected chi connectivity index (χ2v) is 17.9. The Hall–Kier alpha value is -6.50. The molecule has 0 aliphatic carbocycles. The van der Waals surface area contributed by atoms with Crippen molar-refractivity contribution >= 4 is 102 Å². The number of nitrogens with zero attached hydrogens (tertiary/aromatic N) is 4. The summed E-state index contributed by atoms with van der Waals surface area (Å²) >= 11 is 13.0. The molecule has 8 aromatic rings. The van der Waals surface area contributed by atoms with Gasteiger partial charge in [0.15, 0.2) is 0 Å². The van der Waals surface area contributed by atoms with Crippen molar-refractivity contribution in [2.75, 3.05) is 16.8 Å². The lowest BCUT2D eigenvalue weighted by Gasteiger charge is -2.29. The van der Waals surface area contributed by atoms with Crippen LogP contribution in [0.3, 0.4) is 0 Å². The van der Waals surface area contributed by atoms with Crippen LogP contribution in [0, 0.1) is 0 Å². The summed E-state index contributed by atoms with van der Waals surface area (Å²) in [7, 11) is 0.